The van der Waals surface area contributed by atoms with Crippen LogP contribution < -0.4 is 10.1 Å². The van der Waals surface area contributed by atoms with Crippen LogP contribution in [0.2, 0.25) is 0 Å². The van der Waals surface area contributed by atoms with Crippen molar-refractivity contribution in [2.24, 2.45) is 0 Å². The smallest absolute Gasteiger partial charge is 0.142 e. The molecule has 110 valence electrons. The lowest BCUT2D eigenvalue weighted by Crippen LogP contribution is -2.13. The quantitative estimate of drug-likeness (QED) is 0.937. The van der Waals surface area contributed by atoms with E-state index in [1.807, 2.05) is 25.2 Å². The van der Waals surface area contributed by atoms with Gasteiger partial charge in [-0.25, -0.2) is 9.97 Å². The second-order valence-electron chi connectivity index (χ2n) is 5.74. The highest BCUT2D eigenvalue weighted by atomic mass is 16.5. The fraction of sp³-hybridized carbons (Fsp3) is 0.412. The first-order valence-electron chi connectivity index (χ1n) is 7.39. The SMILES string of the molecule is CNc1nc(C2COc3ccccc32)nc(C)c1C(C)C. The van der Waals surface area contributed by atoms with Crippen molar-refractivity contribution in [3.05, 3.63) is 46.9 Å². The van der Waals surface area contributed by atoms with Crippen molar-refractivity contribution in [3.8, 4) is 5.75 Å². The number of aromatic nitrogens is 2. The van der Waals surface area contributed by atoms with Crippen molar-refractivity contribution in [1.82, 2.24) is 9.97 Å². The van der Waals surface area contributed by atoms with E-state index in [0.717, 1.165) is 23.1 Å². The van der Waals surface area contributed by atoms with E-state index in [0.29, 0.717) is 12.5 Å². The Morgan fingerprint density at radius 2 is 2.00 bits per heavy atom. The molecule has 1 atom stereocenters. The van der Waals surface area contributed by atoms with Crippen LogP contribution in [0.15, 0.2) is 24.3 Å². The minimum atomic E-state index is 0.119. The third kappa shape index (κ3) is 2.35. The van der Waals surface area contributed by atoms with Crippen LogP contribution in [-0.4, -0.2) is 23.6 Å². The van der Waals surface area contributed by atoms with Gasteiger partial charge in [0.1, 0.15) is 24.0 Å². The van der Waals surface area contributed by atoms with Gasteiger partial charge in [-0.05, 0) is 18.9 Å². The first-order chi connectivity index (χ1) is 10.1. The summed E-state index contributed by atoms with van der Waals surface area (Å²) in [5.74, 6) is 3.23. The Morgan fingerprint density at radius 3 is 2.71 bits per heavy atom. The Morgan fingerprint density at radius 1 is 1.24 bits per heavy atom. The number of fused-ring (bicyclic) bond motifs is 1. The maximum Gasteiger partial charge on any atom is 0.142 e. The van der Waals surface area contributed by atoms with Crippen LogP contribution >= 0.6 is 0 Å². The average Bonchev–Trinajstić information content (AvgIpc) is 2.89. The minimum absolute atomic E-state index is 0.119. The summed E-state index contributed by atoms with van der Waals surface area (Å²) in [4.78, 5) is 9.50. The summed E-state index contributed by atoms with van der Waals surface area (Å²) in [6.07, 6.45) is 0. The van der Waals surface area contributed by atoms with Gasteiger partial charge in [-0.2, -0.15) is 0 Å². The van der Waals surface area contributed by atoms with Crippen LogP contribution in [0.4, 0.5) is 5.82 Å². The molecule has 21 heavy (non-hydrogen) atoms. The van der Waals surface area contributed by atoms with Gasteiger partial charge in [-0.3, -0.25) is 0 Å². The zero-order valence-electron chi connectivity index (χ0n) is 13.0. The molecular formula is C17H21N3O. The predicted octanol–water partition coefficient (Wildman–Crippen LogP) is 3.47. The molecule has 1 aliphatic rings. The number of nitrogens with zero attached hydrogens (tertiary/aromatic N) is 2. The molecule has 0 radical (unpaired) electrons. The Hall–Kier alpha value is -2.10. The molecule has 4 heteroatoms. The van der Waals surface area contributed by atoms with Gasteiger partial charge in [0.15, 0.2) is 0 Å². The average molecular weight is 283 g/mol. The molecule has 1 unspecified atom stereocenters. The second kappa shape index (κ2) is 5.35. The van der Waals surface area contributed by atoms with Gasteiger partial charge in [0.25, 0.3) is 0 Å². The molecule has 0 aliphatic carbocycles. The Labute approximate surface area is 125 Å². The molecule has 0 fully saturated rings. The first kappa shape index (κ1) is 13.9. The van der Waals surface area contributed by atoms with Crippen LogP contribution in [0.1, 0.15) is 48.3 Å². The largest absolute Gasteiger partial charge is 0.492 e. The van der Waals surface area contributed by atoms with E-state index >= 15 is 0 Å². The van der Waals surface area contributed by atoms with Gasteiger partial charge >= 0.3 is 0 Å². The minimum Gasteiger partial charge on any atom is -0.492 e. The number of hydrogen-bond donors (Lipinski definition) is 1. The molecule has 4 nitrogen and oxygen atoms in total. The fourth-order valence-electron chi connectivity index (χ4n) is 3.02. The van der Waals surface area contributed by atoms with E-state index in [4.69, 9.17) is 14.7 Å². The third-order valence-corrected chi connectivity index (χ3v) is 3.98. The maximum absolute atomic E-state index is 5.76. The second-order valence-corrected chi connectivity index (χ2v) is 5.74. The van der Waals surface area contributed by atoms with Crippen LogP contribution in [0.25, 0.3) is 0 Å². The molecule has 1 N–H and O–H groups in total. The highest BCUT2D eigenvalue weighted by Crippen LogP contribution is 2.37. The number of hydrogen-bond acceptors (Lipinski definition) is 4. The summed E-state index contributed by atoms with van der Waals surface area (Å²) >= 11 is 0. The van der Waals surface area contributed by atoms with Gasteiger partial charge in [0.2, 0.25) is 0 Å². The standard InChI is InChI=1S/C17H21N3O/c1-10(2)15-11(3)19-16(20-17(15)18-4)13-9-21-14-8-6-5-7-12(13)14/h5-8,10,13H,9H2,1-4H3,(H,18,19,20). The number of aryl methyl sites for hydroxylation is 1. The van der Waals surface area contributed by atoms with E-state index in [9.17, 15) is 0 Å². The molecule has 0 amide bonds. The van der Waals surface area contributed by atoms with Crippen LogP contribution in [0.3, 0.4) is 0 Å². The monoisotopic (exact) mass is 283 g/mol. The third-order valence-electron chi connectivity index (χ3n) is 3.98. The van der Waals surface area contributed by atoms with Crippen molar-refractivity contribution >= 4 is 5.82 Å². The molecule has 2 heterocycles. The van der Waals surface area contributed by atoms with Crippen molar-refractivity contribution in [2.45, 2.75) is 32.6 Å². The summed E-state index contributed by atoms with van der Waals surface area (Å²) < 4.78 is 5.76. The molecule has 0 saturated heterocycles. The van der Waals surface area contributed by atoms with Gasteiger partial charge in [0.05, 0.1) is 5.92 Å². The van der Waals surface area contributed by atoms with Crippen molar-refractivity contribution in [3.63, 3.8) is 0 Å². The zero-order chi connectivity index (χ0) is 15.0. The Balaban J connectivity index is 2.07. The zero-order valence-corrected chi connectivity index (χ0v) is 13.0. The van der Waals surface area contributed by atoms with Crippen LogP contribution in [0.5, 0.6) is 5.75 Å². The summed E-state index contributed by atoms with van der Waals surface area (Å²) in [6.45, 7) is 7.01. The summed E-state index contributed by atoms with van der Waals surface area (Å²) in [5, 5.41) is 3.21. The molecule has 3 rings (SSSR count). The van der Waals surface area contributed by atoms with E-state index in [1.54, 1.807) is 0 Å². The van der Waals surface area contributed by atoms with Crippen molar-refractivity contribution in [1.29, 1.82) is 0 Å². The number of para-hydroxylation sites is 1. The van der Waals surface area contributed by atoms with Crippen molar-refractivity contribution < 1.29 is 4.74 Å². The lowest BCUT2D eigenvalue weighted by molar-refractivity contribution is 0.339. The maximum atomic E-state index is 5.76. The van der Waals surface area contributed by atoms with E-state index in [2.05, 4.69) is 32.2 Å². The molecular weight excluding hydrogens is 262 g/mol. The molecule has 1 aromatic heterocycles. The molecule has 1 aromatic carbocycles. The fourth-order valence-corrected chi connectivity index (χ4v) is 3.02. The molecule has 0 spiro atoms. The molecule has 0 saturated carbocycles. The number of rotatable bonds is 3. The summed E-state index contributed by atoms with van der Waals surface area (Å²) in [6, 6.07) is 8.13. The normalized spacial score (nSPS) is 16.7. The summed E-state index contributed by atoms with van der Waals surface area (Å²) in [7, 11) is 1.91. The number of nitrogens with one attached hydrogen (secondary N) is 1. The van der Waals surface area contributed by atoms with Gasteiger partial charge in [0, 0.05) is 23.9 Å². The lowest BCUT2D eigenvalue weighted by Gasteiger charge is -2.17. The number of benzene rings is 1. The first-order valence-corrected chi connectivity index (χ1v) is 7.39. The van der Waals surface area contributed by atoms with Gasteiger partial charge < -0.3 is 10.1 Å². The molecule has 1 aliphatic heterocycles. The molecule has 0 bridgehead atoms. The van der Waals surface area contributed by atoms with Gasteiger partial charge in [-0.15, -0.1) is 0 Å². The van der Waals surface area contributed by atoms with E-state index in [-0.39, 0.29) is 5.92 Å². The van der Waals surface area contributed by atoms with E-state index in [1.165, 1.54) is 11.1 Å². The Bertz CT molecular complexity index is 667. The van der Waals surface area contributed by atoms with E-state index < -0.39 is 0 Å². The number of anilines is 1. The topological polar surface area (TPSA) is 47.0 Å². The van der Waals surface area contributed by atoms with Crippen LogP contribution in [-0.2, 0) is 0 Å². The number of ether oxygens (including phenoxy) is 1. The predicted molar refractivity (Wildman–Crippen MR) is 84.2 cm³/mol. The highest BCUT2D eigenvalue weighted by Gasteiger charge is 2.29. The van der Waals surface area contributed by atoms with Crippen molar-refractivity contribution in [2.75, 3.05) is 19.0 Å². The highest BCUT2D eigenvalue weighted by molar-refractivity contribution is 5.50. The summed E-state index contributed by atoms with van der Waals surface area (Å²) in [5.41, 5.74) is 3.41. The van der Waals surface area contributed by atoms with Crippen LogP contribution in [0, 0.1) is 6.92 Å². The molecule has 2 aromatic rings. The Kier molecular flexibility index (Phi) is 3.53. The van der Waals surface area contributed by atoms with Gasteiger partial charge in [-0.1, -0.05) is 32.0 Å². The lowest BCUT2D eigenvalue weighted by atomic mass is 9.98.